The molecule has 182 valence electrons. The van der Waals surface area contributed by atoms with E-state index in [0.29, 0.717) is 55.4 Å². The summed E-state index contributed by atoms with van der Waals surface area (Å²) in [7, 11) is 4.77. The zero-order valence-electron chi connectivity index (χ0n) is 19.8. The molecule has 2 atom stereocenters. The first-order chi connectivity index (χ1) is 16.4. The summed E-state index contributed by atoms with van der Waals surface area (Å²) in [6.45, 7) is 3.66. The Balaban J connectivity index is 1.72. The smallest absolute Gasteiger partial charge is 0.409 e. The first-order valence-electron chi connectivity index (χ1n) is 11.2. The Bertz CT molecular complexity index is 1060. The molecule has 2 aromatic rings. The van der Waals surface area contributed by atoms with Gasteiger partial charge in [-0.2, -0.15) is 0 Å². The zero-order valence-corrected chi connectivity index (χ0v) is 20.6. The second-order valence-electron chi connectivity index (χ2n) is 8.16. The van der Waals surface area contributed by atoms with Gasteiger partial charge < -0.3 is 28.9 Å². The van der Waals surface area contributed by atoms with Gasteiger partial charge in [0.25, 0.3) is 5.91 Å². The van der Waals surface area contributed by atoms with E-state index in [1.54, 1.807) is 40.8 Å². The van der Waals surface area contributed by atoms with E-state index in [1.807, 2.05) is 17.5 Å². The van der Waals surface area contributed by atoms with Gasteiger partial charge in [-0.05, 0) is 36.1 Å². The molecule has 0 saturated carbocycles. The fourth-order valence-corrected chi connectivity index (χ4v) is 5.56. The number of carbonyl (C=O) groups is 3. The molecule has 1 fully saturated rings. The van der Waals surface area contributed by atoms with Gasteiger partial charge in [-0.3, -0.25) is 9.59 Å². The second-order valence-corrected chi connectivity index (χ2v) is 9.14. The molecular formula is C24H29N3O6S. The van der Waals surface area contributed by atoms with Crippen molar-refractivity contribution in [1.82, 2.24) is 14.7 Å². The van der Waals surface area contributed by atoms with Crippen molar-refractivity contribution in [2.45, 2.75) is 18.9 Å². The van der Waals surface area contributed by atoms with Crippen molar-refractivity contribution >= 4 is 29.2 Å². The first-order valence-corrected chi connectivity index (χ1v) is 12.1. The summed E-state index contributed by atoms with van der Waals surface area (Å²) in [6.07, 6.45) is -0.365. The van der Waals surface area contributed by atoms with E-state index in [0.717, 1.165) is 4.88 Å². The molecule has 0 spiro atoms. The van der Waals surface area contributed by atoms with Crippen LogP contribution in [0, 0.1) is 0 Å². The minimum Gasteiger partial charge on any atom is -0.493 e. The third kappa shape index (κ3) is 4.18. The lowest BCUT2D eigenvalue weighted by Crippen LogP contribution is -2.54. The van der Waals surface area contributed by atoms with E-state index in [1.165, 1.54) is 25.6 Å². The van der Waals surface area contributed by atoms with Crippen LogP contribution in [0.4, 0.5) is 4.79 Å². The van der Waals surface area contributed by atoms with Gasteiger partial charge >= 0.3 is 6.09 Å². The summed E-state index contributed by atoms with van der Waals surface area (Å²) in [4.78, 5) is 45.4. The topological polar surface area (TPSA) is 88.6 Å². The Kier molecular flexibility index (Phi) is 6.97. The molecule has 10 heteroatoms. The van der Waals surface area contributed by atoms with E-state index >= 15 is 0 Å². The van der Waals surface area contributed by atoms with E-state index in [2.05, 4.69) is 0 Å². The van der Waals surface area contributed by atoms with Crippen LogP contribution < -0.4 is 9.47 Å². The molecule has 0 N–H and O–H groups in total. The van der Waals surface area contributed by atoms with Crippen LogP contribution in [0.5, 0.6) is 11.5 Å². The normalized spacial score (nSPS) is 20.1. The number of carbonyl (C=O) groups excluding carboxylic acids is 3. The molecule has 2 aliphatic heterocycles. The minimum absolute atomic E-state index is 0.0882. The highest BCUT2D eigenvalue weighted by molar-refractivity contribution is 7.10. The van der Waals surface area contributed by atoms with E-state index in [4.69, 9.17) is 14.2 Å². The molecule has 1 aromatic heterocycles. The Morgan fingerprint density at radius 2 is 1.71 bits per heavy atom. The number of likely N-dealkylation sites (N-methyl/N-ethyl adjacent to an activating group) is 1. The molecule has 0 aliphatic carbocycles. The second kappa shape index (κ2) is 9.92. The lowest BCUT2D eigenvalue weighted by Gasteiger charge is -2.42. The van der Waals surface area contributed by atoms with Gasteiger partial charge in [0.05, 0.1) is 32.8 Å². The third-order valence-electron chi connectivity index (χ3n) is 6.39. The van der Waals surface area contributed by atoms with Crippen molar-refractivity contribution in [2.75, 3.05) is 54.1 Å². The van der Waals surface area contributed by atoms with Gasteiger partial charge in [0.15, 0.2) is 11.5 Å². The van der Waals surface area contributed by atoms with E-state index in [9.17, 15) is 14.4 Å². The quantitative estimate of drug-likeness (QED) is 0.644. The summed E-state index contributed by atoms with van der Waals surface area (Å²) in [5.74, 6) is 0.0193. The maximum Gasteiger partial charge on any atom is 0.409 e. The molecule has 1 aromatic carbocycles. The number of fused-ring (bicyclic) bond motifs is 1. The number of hydrogen-bond acceptors (Lipinski definition) is 7. The maximum absolute atomic E-state index is 14.0. The third-order valence-corrected chi connectivity index (χ3v) is 7.34. The number of hydrogen-bond donors (Lipinski definition) is 0. The summed E-state index contributed by atoms with van der Waals surface area (Å²) in [5.41, 5.74) is 1.05. The summed E-state index contributed by atoms with van der Waals surface area (Å²) in [5, 5.41) is 1.94. The molecule has 4 rings (SSSR count). The van der Waals surface area contributed by atoms with Gasteiger partial charge in [0.2, 0.25) is 5.91 Å². The molecule has 2 aliphatic rings. The number of rotatable bonds is 5. The Labute approximate surface area is 202 Å². The van der Waals surface area contributed by atoms with Crippen molar-refractivity contribution < 1.29 is 28.6 Å². The number of benzene rings is 1. The lowest BCUT2D eigenvalue weighted by molar-refractivity contribution is -0.136. The van der Waals surface area contributed by atoms with Gasteiger partial charge in [-0.15, -0.1) is 11.3 Å². The fourth-order valence-electron chi connectivity index (χ4n) is 4.65. The molecule has 3 heterocycles. The Hall–Kier alpha value is -3.27. The number of piperazine rings is 1. The molecular weight excluding hydrogens is 458 g/mol. The summed E-state index contributed by atoms with van der Waals surface area (Å²) < 4.78 is 16.0. The standard InChI is InChI=1S/C24H29N3O6S/c1-5-33-24(30)27-10-8-26(9-11-27)23(29)20-15-13-17(31-3)18(32-4)14-16(15)22(28)25(2)21(20)19-7-6-12-34-19/h6-7,12-14,20-21H,5,8-11H2,1-4H3/t20-,21+/m0/s1. The van der Waals surface area contributed by atoms with Crippen LogP contribution >= 0.6 is 11.3 Å². The molecule has 1 saturated heterocycles. The van der Waals surface area contributed by atoms with Gasteiger partial charge in [-0.1, -0.05) is 6.07 Å². The van der Waals surface area contributed by atoms with Gasteiger partial charge in [0, 0.05) is 43.7 Å². The van der Waals surface area contributed by atoms with Gasteiger partial charge in [-0.25, -0.2) is 4.79 Å². The Morgan fingerprint density at radius 3 is 2.29 bits per heavy atom. The van der Waals surface area contributed by atoms with Crippen molar-refractivity contribution in [3.8, 4) is 11.5 Å². The first kappa shape index (κ1) is 23.9. The number of ether oxygens (including phenoxy) is 3. The lowest BCUT2D eigenvalue weighted by atomic mass is 9.81. The van der Waals surface area contributed by atoms with Crippen molar-refractivity contribution in [1.29, 1.82) is 0 Å². The highest BCUT2D eigenvalue weighted by Crippen LogP contribution is 2.47. The monoisotopic (exact) mass is 487 g/mol. The van der Waals surface area contributed by atoms with Crippen molar-refractivity contribution in [3.05, 3.63) is 45.6 Å². The summed E-state index contributed by atoms with van der Waals surface area (Å²) >= 11 is 1.52. The highest BCUT2D eigenvalue weighted by Gasteiger charge is 2.45. The van der Waals surface area contributed by atoms with Crippen molar-refractivity contribution in [3.63, 3.8) is 0 Å². The zero-order chi connectivity index (χ0) is 24.4. The predicted molar refractivity (Wildman–Crippen MR) is 127 cm³/mol. The van der Waals surface area contributed by atoms with Crippen LogP contribution in [0.2, 0.25) is 0 Å². The van der Waals surface area contributed by atoms with E-state index in [-0.39, 0.29) is 17.9 Å². The van der Waals surface area contributed by atoms with Crippen LogP contribution in [0.1, 0.15) is 39.7 Å². The molecule has 3 amide bonds. The Morgan fingerprint density at radius 1 is 1.06 bits per heavy atom. The maximum atomic E-state index is 14.0. The molecule has 9 nitrogen and oxygen atoms in total. The summed E-state index contributed by atoms with van der Waals surface area (Å²) in [6, 6.07) is 6.81. The molecule has 0 bridgehead atoms. The number of methoxy groups -OCH3 is 2. The molecule has 0 unspecified atom stereocenters. The number of nitrogens with zero attached hydrogens (tertiary/aromatic N) is 3. The van der Waals surface area contributed by atoms with Gasteiger partial charge in [0.1, 0.15) is 0 Å². The highest BCUT2D eigenvalue weighted by atomic mass is 32.1. The van der Waals surface area contributed by atoms with Crippen LogP contribution in [0.3, 0.4) is 0 Å². The predicted octanol–water partition coefficient (Wildman–Crippen LogP) is 2.98. The fraction of sp³-hybridized carbons (Fsp3) is 0.458. The average Bonchev–Trinajstić information content (AvgIpc) is 3.39. The average molecular weight is 488 g/mol. The molecule has 34 heavy (non-hydrogen) atoms. The largest absolute Gasteiger partial charge is 0.493 e. The number of thiophene rings is 1. The minimum atomic E-state index is -0.620. The number of amides is 3. The van der Waals surface area contributed by atoms with Crippen LogP contribution in [0.15, 0.2) is 29.6 Å². The van der Waals surface area contributed by atoms with Crippen LogP contribution in [-0.2, 0) is 9.53 Å². The molecule has 0 radical (unpaired) electrons. The van der Waals surface area contributed by atoms with Crippen LogP contribution in [0.25, 0.3) is 0 Å². The van der Waals surface area contributed by atoms with Crippen LogP contribution in [-0.4, -0.2) is 86.7 Å². The van der Waals surface area contributed by atoms with E-state index < -0.39 is 12.0 Å². The SMILES string of the molecule is CCOC(=O)N1CCN(C(=O)[C@H]2c3cc(OC)c(OC)cc3C(=O)N(C)[C@@H]2c2cccs2)CC1. The van der Waals surface area contributed by atoms with Crippen molar-refractivity contribution in [2.24, 2.45) is 0 Å².